The number of carbonyl (C=O) groups excluding carboxylic acids is 1. The lowest BCUT2D eigenvalue weighted by molar-refractivity contribution is -0.124. The first kappa shape index (κ1) is 12.9. The highest BCUT2D eigenvalue weighted by Crippen LogP contribution is 2.15. The molecule has 1 unspecified atom stereocenters. The molecule has 3 heteroatoms. The molecule has 0 aliphatic carbocycles. The van der Waals surface area contributed by atoms with Crippen LogP contribution in [0.15, 0.2) is 30.3 Å². The Bertz CT molecular complexity index is 311. The summed E-state index contributed by atoms with van der Waals surface area (Å²) < 4.78 is 5.24. The van der Waals surface area contributed by atoms with Crippen molar-refractivity contribution in [3.63, 3.8) is 0 Å². The van der Waals surface area contributed by atoms with E-state index in [1.165, 1.54) is 0 Å². The average Bonchev–Trinajstić information content (AvgIpc) is 2.32. The minimum absolute atomic E-state index is 0.0575. The van der Waals surface area contributed by atoms with Crippen LogP contribution >= 0.6 is 0 Å². The minimum atomic E-state index is -0.238. The van der Waals surface area contributed by atoms with Crippen molar-refractivity contribution in [2.24, 2.45) is 5.73 Å². The highest BCUT2D eigenvalue weighted by molar-refractivity contribution is 5.87. The second-order valence-corrected chi connectivity index (χ2v) is 3.72. The monoisotopic (exact) mass is 221 g/mol. The Morgan fingerprint density at radius 2 is 2.06 bits per heavy atom. The Kier molecular flexibility index (Phi) is 5.75. The van der Waals surface area contributed by atoms with Crippen LogP contribution in [-0.4, -0.2) is 25.5 Å². The summed E-state index contributed by atoms with van der Waals surface area (Å²) in [5, 5.41) is 0. The van der Waals surface area contributed by atoms with E-state index in [0.29, 0.717) is 13.2 Å². The molecule has 16 heavy (non-hydrogen) atoms. The minimum Gasteiger partial charge on any atom is -0.374 e. The molecule has 0 aliphatic rings. The molecule has 1 rings (SSSR count). The fourth-order valence-corrected chi connectivity index (χ4v) is 1.56. The van der Waals surface area contributed by atoms with Gasteiger partial charge in [-0.1, -0.05) is 37.3 Å². The molecule has 0 aliphatic heterocycles. The molecule has 0 amide bonds. The van der Waals surface area contributed by atoms with Crippen LogP contribution in [0.2, 0.25) is 0 Å². The first-order valence-corrected chi connectivity index (χ1v) is 5.65. The van der Waals surface area contributed by atoms with Crippen molar-refractivity contribution in [3.05, 3.63) is 35.9 Å². The van der Waals surface area contributed by atoms with Gasteiger partial charge in [-0.15, -0.1) is 0 Å². The van der Waals surface area contributed by atoms with Gasteiger partial charge in [-0.3, -0.25) is 4.79 Å². The third-order valence-corrected chi connectivity index (χ3v) is 2.42. The lowest BCUT2D eigenvalue weighted by atomic mass is 9.95. The summed E-state index contributed by atoms with van der Waals surface area (Å²) >= 11 is 0. The SMILES string of the molecule is CCCOCC(=O)C(CN)c1ccccc1. The fraction of sp³-hybridized carbons (Fsp3) is 0.462. The van der Waals surface area contributed by atoms with Crippen LogP contribution in [0.25, 0.3) is 0 Å². The van der Waals surface area contributed by atoms with Gasteiger partial charge in [0.05, 0.1) is 5.92 Å². The lowest BCUT2D eigenvalue weighted by Crippen LogP contribution is -2.25. The van der Waals surface area contributed by atoms with Gasteiger partial charge in [-0.2, -0.15) is 0 Å². The molecule has 0 heterocycles. The number of rotatable bonds is 7. The summed E-state index contributed by atoms with van der Waals surface area (Å²) in [6, 6.07) is 9.61. The molecule has 0 aromatic heterocycles. The molecule has 88 valence electrons. The molecule has 0 saturated carbocycles. The number of ether oxygens (including phenoxy) is 1. The predicted octanol–water partition coefficient (Wildman–Crippen LogP) is 1.72. The summed E-state index contributed by atoms with van der Waals surface area (Å²) in [6.07, 6.45) is 0.923. The van der Waals surface area contributed by atoms with Crippen molar-refractivity contribution >= 4 is 5.78 Å². The first-order chi connectivity index (χ1) is 7.79. The molecule has 0 radical (unpaired) electrons. The van der Waals surface area contributed by atoms with Gasteiger partial charge in [-0.05, 0) is 12.0 Å². The molecule has 0 saturated heterocycles. The van der Waals surface area contributed by atoms with E-state index in [-0.39, 0.29) is 18.3 Å². The smallest absolute Gasteiger partial charge is 0.167 e. The number of nitrogens with two attached hydrogens (primary N) is 1. The van der Waals surface area contributed by atoms with Gasteiger partial charge in [0.15, 0.2) is 5.78 Å². The summed E-state index contributed by atoms with van der Waals surface area (Å²) in [6.45, 7) is 3.13. The van der Waals surface area contributed by atoms with Crippen LogP contribution < -0.4 is 5.73 Å². The van der Waals surface area contributed by atoms with Crippen molar-refractivity contribution in [3.8, 4) is 0 Å². The average molecular weight is 221 g/mol. The molecule has 0 bridgehead atoms. The van der Waals surface area contributed by atoms with E-state index in [9.17, 15) is 4.79 Å². The number of Topliss-reactive ketones (excluding diaryl/α,β-unsaturated/α-hetero) is 1. The van der Waals surface area contributed by atoms with Crippen molar-refractivity contribution in [1.82, 2.24) is 0 Å². The second-order valence-electron chi connectivity index (χ2n) is 3.72. The van der Waals surface area contributed by atoms with E-state index in [4.69, 9.17) is 10.5 Å². The Labute approximate surface area is 96.6 Å². The number of carbonyl (C=O) groups is 1. The maximum absolute atomic E-state index is 11.8. The number of benzene rings is 1. The van der Waals surface area contributed by atoms with Crippen molar-refractivity contribution in [1.29, 1.82) is 0 Å². The molecule has 1 aromatic rings. The van der Waals surface area contributed by atoms with E-state index in [2.05, 4.69) is 0 Å². The summed E-state index contributed by atoms with van der Waals surface area (Å²) in [7, 11) is 0. The van der Waals surface area contributed by atoms with E-state index >= 15 is 0 Å². The largest absolute Gasteiger partial charge is 0.374 e. The highest BCUT2D eigenvalue weighted by atomic mass is 16.5. The number of hydrogen-bond acceptors (Lipinski definition) is 3. The van der Waals surface area contributed by atoms with Gasteiger partial charge in [0.1, 0.15) is 6.61 Å². The van der Waals surface area contributed by atoms with E-state index in [1.54, 1.807) is 0 Å². The van der Waals surface area contributed by atoms with Crippen LogP contribution in [0.4, 0.5) is 0 Å². The van der Waals surface area contributed by atoms with Crippen LogP contribution in [0.3, 0.4) is 0 Å². The molecular formula is C13H19NO2. The predicted molar refractivity (Wildman–Crippen MR) is 64.4 cm³/mol. The lowest BCUT2D eigenvalue weighted by Gasteiger charge is -2.13. The molecule has 0 spiro atoms. The number of ketones is 1. The molecule has 1 atom stereocenters. The second kappa shape index (κ2) is 7.14. The zero-order valence-electron chi connectivity index (χ0n) is 9.69. The van der Waals surface area contributed by atoms with E-state index in [1.807, 2.05) is 37.3 Å². The van der Waals surface area contributed by atoms with Crippen LogP contribution in [0.1, 0.15) is 24.8 Å². The van der Waals surface area contributed by atoms with Gasteiger partial charge in [0, 0.05) is 13.2 Å². The molecular weight excluding hydrogens is 202 g/mol. The summed E-state index contributed by atoms with van der Waals surface area (Å²) in [5.41, 5.74) is 6.60. The fourth-order valence-electron chi connectivity index (χ4n) is 1.56. The van der Waals surface area contributed by atoms with Gasteiger partial charge in [0.25, 0.3) is 0 Å². The zero-order valence-corrected chi connectivity index (χ0v) is 9.69. The first-order valence-electron chi connectivity index (χ1n) is 5.65. The van der Waals surface area contributed by atoms with Gasteiger partial charge in [0.2, 0.25) is 0 Å². The van der Waals surface area contributed by atoms with E-state index < -0.39 is 0 Å². The van der Waals surface area contributed by atoms with Crippen molar-refractivity contribution in [2.45, 2.75) is 19.3 Å². The van der Waals surface area contributed by atoms with Gasteiger partial charge < -0.3 is 10.5 Å². The topological polar surface area (TPSA) is 52.3 Å². The Morgan fingerprint density at radius 1 is 1.38 bits per heavy atom. The van der Waals surface area contributed by atoms with Gasteiger partial charge >= 0.3 is 0 Å². The molecule has 3 nitrogen and oxygen atoms in total. The molecule has 0 fully saturated rings. The molecule has 2 N–H and O–H groups in total. The third kappa shape index (κ3) is 3.76. The Morgan fingerprint density at radius 3 is 2.62 bits per heavy atom. The normalized spacial score (nSPS) is 12.4. The number of hydrogen-bond donors (Lipinski definition) is 1. The standard InChI is InChI=1S/C13H19NO2/c1-2-8-16-10-13(15)12(9-14)11-6-4-3-5-7-11/h3-7,12H,2,8-10,14H2,1H3. The summed E-state index contributed by atoms with van der Waals surface area (Å²) in [5.74, 6) is -0.180. The van der Waals surface area contributed by atoms with Crippen LogP contribution in [0.5, 0.6) is 0 Å². The Hall–Kier alpha value is -1.19. The van der Waals surface area contributed by atoms with Crippen LogP contribution in [-0.2, 0) is 9.53 Å². The maximum Gasteiger partial charge on any atom is 0.167 e. The third-order valence-electron chi connectivity index (χ3n) is 2.42. The Balaban J connectivity index is 2.57. The van der Waals surface area contributed by atoms with Gasteiger partial charge in [-0.25, -0.2) is 0 Å². The highest BCUT2D eigenvalue weighted by Gasteiger charge is 2.18. The molecule has 1 aromatic carbocycles. The van der Waals surface area contributed by atoms with Crippen molar-refractivity contribution in [2.75, 3.05) is 19.8 Å². The zero-order chi connectivity index (χ0) is 11.8. The maximum atomic E-state index is 11.8. The summed E-state index contributed by atoms with van der Waals surface area (Å²) in [4.78, 5) is 11.8. The van der Waals surface area contributed by atoms with Crippen LogP contribution in [0, 0.1) is 0 Å². The quantitative estimate of drug-likeness (QED) is 0.713. The van der Waals surface area contributed by atoms with E-state index in [0.717, 1.165) is 12.0 Å². The van der Waals surface area contributed by atoms with Crippen molar-refractivity contribution < 1.29 is 9.53 Å².